The second-order valence-corrected chi connectivity index (χ2v) is 7.84. The van der Waals surface area contributed by atoms with Crippen LogP contribution in [0.2, 0.25) is 0 Å². The maximum Gasteiger partial charge on any atom is 0.161 e. The summed E-state index contributed by atoms with van der Waals surface area (Å²) >= 11 is 0. The number of nitrogens with zero attached hydrogens (tertiary/aromatic N) is 3. The Bertz CT molecular complexity index is 1050. The molecule has 0 bridgehead atoms. The normalized spacial score (nSPS) is 19.4. The molecule has 2 aromatic carbocycles. The van der Waals surface area contributed by atoms with E-state index in [2.05, 4.69) is 47.1 Å². The lowest BCUT2D eigenvalue weighted by Gasteiger charge is -2.41. The van der Waals surface area contributed by atoms with Crippen molar-refractivity contribution in [2.45, 2.75) is 32.3 Å². The maximum absolute atomic E-state index is 11.6. The van der Waals surface area contributed by atoms with E-state index in [9.17, 15) is 5.11 Å². The van der Waals surface area contributed by atoms with Crippen molar-refractivity contribution in [2.24, 2.45) is 0 Å². The third kappa shape index (κ3) is 3.49. The first-order valence-electron chi connectivity index (χ1n) is 9.87. The molecule has 1 atom stereocenters. The molecule has 1 N–H and O–H groups in total. The average molecular weight is 393 g/mol. The summed E-state index contributed by atoms with van der Waals surface area (Å²) < 4.78 is 10.9. The lowest BCUT2D eigenvalue weighted by molar-refractivity contribution is 0.0212. The number of anilines is 1. The van der Waals surface area contributed by atoms with Gasteiger partial charge in [0.1, 0.15) is 5.60 Å². The molecular formula is C23H27N3O3. The molecule has 0 radical (unpaired) electrons. The second kappa shape index (κ2) is 7.52. The van der Waals surface area contributed by atoms with Gasteiger partial charge in [-0.2, -0.15) is 5.10 Å². The molecule has 0 amide bonds. The quantitative estimate of drug-likeness (QED) is 0.728. The Morgan fingerprint density at radius 1 is 1.07 bits per heavy atom. The lowest BCUT2D eigenvalue weighted by Crippen LogP contribution is -2.47. The molecule has 1 aromatic heterocycles. The van der Waals surface area contributed by atoms with Crippen LogP contribution in [0, 0.1) is 13.8 Å². The number of benzene rings is 2. The summed E-state index contributed by atoms with van der Waals surface area (Å²) in [7, 11) is 3.24. The van der Waals surface area contributed by atoms with Gasteiger partial charge in [-0.15, -0.1) is 5.10 Å². The van der Waals surface area contributed by atoms with Crippen LogP contribution in [0.1, 0.15) is 29.5 Å². The molecule has 1 aliphatic heterocycles. The summed E-state index contributed by atoms with van der Waals surface area (Å²) in [5.74, 6) is 2.06. The van der Waals surface area contributed by atoms with Crippen LogP contribution in [-0.4, -0.2) is 42.6 Å². The first-order valence-corrected chi connectivity index (χ1v) is 9.87. The lowest BCUT2D eigenvalue weighted by atomic mass is 9.83. The van der Waals surface area contributed by atoms with E-state index in [4.69, 9.17) is 9.47 Å². The van der Waals surface area contributed by atoms with Gasteiger partial charge in [-0.3, -0.25) is 0 Å². The smallest absolute Gasteiger partial charge is 0.161 e. The molecule has 4 rings (SSSR count). The molecular weight excluding hydrogens is 366 g/mol. The summed E-state index contributed by atoms with van der Waals surface area (Å²) in [5, 5.41) is 22.0. The molecule has 6 nitrogen and oxygen atoms in total. The van der Waals surface area contributed by atoms with Gasteiger partial charge in [-0.05, 0) is 49.9 Å². The van der Waals surface area contributed by atoms with Crippen LogP contribution >= 0.6 is 0 Å². The molecule has 2 heterocycles. The number of aromatic nitrogens is 2. The molecule has 3 aromatic rings. The van der Waals surface area contributed by atoms with Gasteiger partial charge in [0.25, 0.3) is 0 Å². The predicted octanol–water partition coefficient (Wildman–Crippen LogP) is 3.75. The molecule has 0 saturated carbocycles. The van der Waals surface area contributed by atoms with E-state index >= 15 is 0 Å². The molecule has 6 heteroatoms. The summed E-state index contributed by atoms with van der Waals surface area (Å²) in [4.78, 5) is 2.13. The zero-order valence-electron chi connectivity index (χ0n) is 17.4. The minimum Gasteiger partial charge on any atom is -0.493 e. The van der Waals surface area contributed by atoms with Gasteiger partial charge in [0.2, 0.25) is 0 Å². The van der Waals surface area contributed by atoms with Crippen LogP contribution in [0.15, 0.2) is 36.5 Å². The number of piperidine rings is 1. The number of fused-ring (bicyclic) bond motifs is 1. The molecule has 1 fully saturated rings. The number of ether oxygens (including phenoxy) is 2. The number of methoxy groups -OCH3 is 2. The topological polar surface area (TPSA) is 67.7 Å². The first kappa shape index (κ1) is 19.5. The minimum atomic E-state index is -0.920. The van der Waals surface area contributed by atoms with Gasteiger partial charge in [0.15, 0.2) is 17.3 Å². The minimum absolute atomic E-state index is 0.471. The predicted molar refractivity (Wildman–Crippen MR) is 114 cm³/mol. The Morgan fingerprint density at radius 3 is 2.55 bits per heavy atom. The van der Waals surface area contributed by atoms with E-state index in [1.165, 1.54) is 5.56 Å². The maximum atomic E-state index is 11.6. The van der Waals surface area contributed by atoms with E-state index in [1.54, 1.807) is 20.4 Å². The van der Waals surface area contributed by atoms with Crippen LogP contribution in [-0.2, 0) is 5.60 Å². The van der Waals surface area contributed by atoms with Crippen molar-refractivity contribution in [1.82, 2.24) is 10.2 Å². The largest absolute Gasteiger partial charge is 0.493 e. The summed E-state index contributed by atoms with van der Waals surface area (Å²) in [6.07, 6.45) is 3.32. The number of hydrogen-bond acceptors (Lipinski definition) is 6. The Balaban J connectivity index is 1.76. The highest BCUT2D eigenvalue weighted by Crippen LogP contribution is 2.39. The molecule has 0 spiro atoms. The third-order valence-electron chi connectivity index (χ3n) is 5.80. The third-order valence-corrected chi connectivity index (χ3v) is 5.80. The van der Waals surface area contributed by atoms with Crippen molar-refractivity contribution in [1.29, 1.82) is 0 Å². The van der Waals surface area contributed by atoms with E-state index < -0.39 is 5.60 Å². The zero-order valence-corrected chi connectivity index (χ0v) is 17.4. The van der Waals surface area contributed by atoms with Crippen molar-refractivity contribution >= 4 is 16.6 Å². The number of β-amino-alcohol motifs (C(OH)–C–C–N with tert-alkyl or cyclic N) is 1. The highest BCUT2D eigenvalue weighted by atomic mass is 16.5. The first-order chi connectivity index (χ1) is 13.9. The van der Waals surface area contributed by atoms with Crippen LogP contribution < -0.4 is 14.4 Å². The van der Waals surface area contributed by atoms with Crippen LogP contribution in [0.3, 0.4) is 0 Å². The molecule has 29 heavy (non-hydrogen) atoms. The summed E-state index contributed by atoms with van der Waals surface area (Å²) in [6, 6.07) is 10.1. The molecule has 1 aliphatic rings. The molecule has 1 saturated heterocycles. The van der Waals surface area contributed by atoms with Gasteiger partial charge in [-0.25, -0.2) is 0 Å². The van der Waals surface area contributed by atoms with Gasteiger partial charge in [0.05, 0.1) is 27.0 Å². The van der Waals surface area contributed by atoms with Crippen LogP contribution in [0.25, 0.3) is 10.8 Å². The molecule has 1 unspecified atom stereocenters. The van der Waals surface area contributed by atoms with Crippen molar-refractivity contribution in [2.75, 3.05) is 32.2 Å². The zero-order chi connectivity index (χ0) is 20.6. The van der Waals surface area contributed by atoms with E-state index in [1.807, 2.05) is 12.1 Å². The molecule has 152 valence electrons. The fourth-order valence-corrected chi connectivity index (χ4v) is 4.40. The van der Waals surface area contributed by atoms with E-state index in [0.717, 1.165) is 47.1 Å². The van der Waals surface area contributed by atoms with Gasteiger partial charge < -0.3 is 19.5 Å². The number of aryl methyl sites for hydroxylation is 2. The van der Waals surface area contributed by atoms with Crippen LogP contribution in [0.4, 0.5) is 5.82 Å². The van der Waals surface area contributed by atoms with Gasteiger partial charge >= 0.3 is 0 Å². The number of hydrogen-bond donors (Lipinski definition) is 1. The summed E-state index contributed by atoms with van der Waals surface area (Å²) in [6.45, 7) is 5.42. The van der Waals surface area contributed by atoms with Crippen LogP contribution in [0.5, 0.6) is 11.5 Å². The van der Waals surface area contributed by atoms with Crippen molar-refractivity contribution in [3.63, 3.8) is 0 Å². The van der Waals surface area contributed by atoms with Crippen molar-refractivity contribution in [3.05, 3.63) is 53.2 Å². The highest BCUT2D eigenvalue weighted by molar-refractivity contribution is 5.94. The average Bonchev–Trinajstić information content (AvgIpc) is 2.72. The van der Waals surface area contributed by atoms with Gasteiger partial charge in [-0.1, -0.05) is 23.8 Å². The Morgan fingerprint density at radius 2 is 1.83 bits per heavy atom. The second-order valence-electron chi connectivity index (χ2n) is 7.84. The van der Waals surface area contributed by atoms with E-state index in [0.29, 0.717) is 18.0 Å². The fourth-order valence-electron chi connectivity index (χ4n) is 4.40. The Hall–Kier alpha value is -2.86. The van der Waals surface area contributed by atoms with E-state index in [-0.39, 0.29) is 0 Å². The van der Waals surface area contributed by atoms with Crippen molar-refractivity contribution < 1.29 is 14.6 Å². The highest BCUT2D eigenvalue weighted by Gasteiger charge is 2.37. The Labute approximate surface area is 171 Å². The Kier molecular flexibility index (Phi) is 5.04. The number of aliphatic hydroxyl groups is 1. The SMILES string of the molecule is COc1cc2cnnc(N3CCCC(O)(c4ccc(C)cc4C)C3)c2cc1OC. The van der Waals surface area contributed by atoms with Gasteiger partial charge in [0, 0.05) is 17.3 Å². The fraction of sp³-hybridized carbons (Fsp3) is 0.391. The van der Waals surface area contributed by atoms with Crippen molar-refractivity contribution in [3.8, 4) is 11.5 Å². The standard InChI is InChI=1S/C23H27N3O3/c1-15-6-7-19(16(2)10-15)23(27)8-5-9-26(14-23)22-18-12-21(29-4)20(28-3)11-17(18)13-24-25-22/h6-7,10-13,27H,5,8-9,14H2,1-4H3. The molecule has 0 aliphatic carbocycles. The summed E-state index contributed by atoms with van der Waals surface area (Å²) in [5.41, 5.74) is 2.38. The number of rotatable bonds is 4. The monoisotopic (exact) mass is 393 g/mol.